The quantitative estimate of drug-likeness (QED) is 0.698. The molecule has 3 heteroatoms. The Morgan fingerprint density at radius 2 is 2.40 bits per heavy atom. The van der Waals surface area contributed by atoms with Crippen molar-refractivity contribution >= 4 is 5.78 Å². The highest BCUT2D eigenvalue weighted by Gasteiger charge is 2.29. The maximum absolute atomic E-state index is 11.3. The predicted octanol–water partition coefficient (Wildman–Crippen LogP) is 2.45. The monoisotopic (exact) mass is 209 g/mol. The van der Waals surface area contributed by atoms with Crippen molar-refractivity contribution in [3.63, 3.8) is 0 Å². The first-order valence-electron chi connectivity index (χ1n) is 5.62. The van der Waals surface area contributed by atoms with E-state index < -0.39 is 5.41 Å². The van der Waals surface area contributed by atoms with Gasteiger partial charge in [0.2, 0.25) is 0 Å². The number of nitrogens with zero attached hydrogens (tertiary/aromatic N) is 1. The van der Waals surface area contributed by atoms with Crippen LogP contribution in [0.2, 0.25) is 0 Å². The standard InChI is InChI=1S/C12H19NO2/c1-10(14)12(2,9-13)7-3-5-11-6-4-8-15-11/h11H,3-8H2,1-2H3. The Hall–Kier alpha value is -0.880. The zero-order valence-electron chi connectivity index (χ0n) is 9.58. The van der Waals surface area contributed by atoms with Crippen molar-refractivity contribution in [1.29, 1.82) is 5.26 Å². The number of carbonyl (C=O) groups excluding carboxylic acids is 1. The van der Waals surface area contributed by atoms with E-state index in [1.54, 1.807) is 6.92 Å². The number of Topliss-reactive ketones (excluding diaryl/α,β-unsaturated/α-hetero) is 1. The Morgan fingerprint density at radius 3 is 2.87 bits per heavy atom. The Labute approximate surface area is 91.4 Å². The van der Waals surface area contributed by atoms with Crippen LogP contribution in [0.1, 0.15) is 46.0 Å². The van der Waals surface area contributed by atoms with E-state index in [-0.39, 0.29) is 5.78 Å². The second-order valence-corrected chi connectivity index (χ2v) is 4.53. The highest BCUT2D eigenvalue weighted by Crippen LogP contribution is 2.26. The molecule has 0 bridgehead atoms. The highest BCUT2D eigenvalue weighted by atomic mass is 16.5. The van der Waals surface area contributed by atoms with Crippen molar-refractivity contribution in [2.24, 2.45) is 5.41 Å². The zero-order chi connectivity index (χ0) is 11.3. The summed E-state index contributed by atoms with van der Waals surface area (Å²) < 4.78 is 5.49. The molecular weight excluding hydrogens is 190 g/mol. The van der Waals surface area contributed by atoms with Gasteiger partial charge in [-0.3, -0.25) is 4.79 Å². The molecule has 2 unspecified atom stereocenters. The summed E-state index contributed by atoms with van der Waals surface area (Å²) in [7, 11) is 0. The SMILES string of the molecule is CC(=O)C(C)(C#N)CCCC1CCCO1. The van der Waals surface area contributed by atoms with Crippen LogP contribution in [0.25, 0.3) is 0 Å². The molecule has 1 saturated heterocycles. The Balaban J connectivity index is 2.29. The minimum absolute atomic E-state index is 0.0302. The Bertz CT molecular complexity index is 263. The second-order valence-electron chi connectivity index (χ2n) is 4.53. The molecule has 0 spiro atoms. The fourth-order valence-corrected chi connectivity index (χ4v) is 1.87. The van der Waals surface area contributed by atoms with Crippen molar-refractivity contribution in [2.75, 3.05) is 6.61 Å². The van der Waals surface area contributed by atoms with E-state index in [0.29, 0.717) is 12.5 Å². The third-order valence-corrected chi connectivity index (χ3v) is 3.25. The number of hydrogen-bond acceptors (Lipinski definition) is 3. The van der Waals surface area contributed by atoms with Crippen molar-refractivity contribution in [2.45, 2.75) is 52.1 Å². The summed E-state index contributed by atoms with van der Waals surface area (Å²) >= 11 is 0. The largest absolute Gasteiger partial charge is 0.378 e. The lowest BCUT2D eigenvalue weighted by molar-refractivity contribution is -0.123. The molecule has 0 saturated carbocycles. The van der Waals surface area contributed by atoms with Gasteiger partial charge in [-0.2, -0.15) is 5.26 Å². The molecule has 1 fully saturated rings. The summed E-state index contributed by atoms with van der Waals surface area (Å²) in [6.07, 6.45) is 5.16. The van der Waals surface area contributed by atoms with E-state index >= 15 is 0 Å². The van der Waals surface area contributed by atoms with Gasteiger partial charge < -0.3 is 4.74 Å². The van der Waals surface area contributed by atoms with E-state index in [1.807, 2.05) is 0 Å². The predicted molar refractivity (Wildman–Crippen MR) is 57.2 cm³/mol. The van der Waals surface area contributed by atoms with Gasteiger partial charge in [-0.05, 0) is 46.0 Å². The van der Waals surface area contributed by atoms with Gasteiger partial charge >= 0.3 is 0 Å². The van der Waals surface area contributed by atoms with Gasteiger partial charge in [0.1, 0.15) is 11.2 Å². The Kier molecular flexibility index (Phi) is 4.28. The first kappa shape index (κ1) is 12.2. The topological polar surface area (TPSA) is 50.1 Å². The van der Waals surface area contributed by atoms with Crippen molar-refractivity contribution in [3.05, 3.63) is 0 Å². The fourth-order valence-electron chi connectivity index (χ4n) is 1.87. The number of ether oxygens (including phenoxy) is 1. The van der Waals surface area contributed by atoms with Gasteiger partial charge in [0, 0.05) is 6.61 Å². The smallest absolute Gasteiger partial charge is 0.149 e. The molecule has 0 aromatic carbocycles. The number of hydrogen-bond donors (Lipinski definition) is 0. The van der Waals surface area contributed by atoms with E-state index in [4.69, 9.17) is 10.00 Å². The van der Waals surface area contributed by atoms with Gasteiger partial charge in [-0.1, -0.05) is 0 Å². The average Bonchev–Trinajstić information content (AvgIpc) is 2.70. The summed E-state index contributed by atoms with van der Waals surface area (Å²) in [4.78, 5) is 11.3. The van der Waals surface area contributed by atoms with Crippen LogP contribution >= 0.6 is 0 Å². The molecule has 0 N–H and O–H groups in total. The van der Waals surface area contributed by atoms with Crippen LogP contribution in [-0.2, 0) is 9.53 Å². The van der Waals surface area contributed by atoms with Crippen LogP contribution in [0.3, 0.4) is 0 Å². The summed E-state index contributed by atoms with van der Waals surface area (Å²) in [5.74, 6) is -0.0302. The Morgan fingerprint density at radius 1 is 1.67 bits per heavy atom. The van der Waals surface area contributed by atoms with E-state index in [2.05, 4.69) is 6.07 Å². The van der Waals surface area contributed by atoms with Crippen molar-refractivity contribution in [1.82, 2.24) is 0 Å². The molecule has 3 nitrogen and oxygen atoms in total. The van der Waals surface area contributed by atoms with Crippen LogP contribution in [0.15, 0.2) is 0 Å². The summed E-state index contributed by atoms with van der Waals surface area (Å²) in [6.45, 7) is 4.09. The molecule has 0 aliphatic carbocycles. The molecule has 0 radical (unpaired) electrons. The van der Waals surface area contributed by atoms with Crippen molar-refractivity contribution in [3.8, 4) is 6.07 Å². The third kappa shape index (κ3) is 3.32. The lowest BCUT2D eigenvalue weighted by Crippen LogP contribution is -2.23. The second kappa shape index (κ2) is 5.27. The maximum atomic E-state index is 11.3. The summed E-state index contributed by atoms with van der Waals surface area (Å²) in [6, 6.07) is 2.11. The maximum Gasteiger partial charge on any atom is 0.149 e. The summed E-state index contributed by atoms with van der Waals surface area (Å²) in [5, 5.41) is 8.95. The number of ketones is 1. The molecule has 15 heavy (non-hydrogen) atoms. The number of nitriles is 1. The van der Waals surface area contributed by atoms with Crippen LogP contribution in [0, 0.1) is 16.7 Å². The van der Waals surface area contributed by atoms with Gasteiger partial charge in [-0.25, -0.2) is 0 Å². The molecule has 1 aliphatic rings. The lowest BCUT2D eigenvalue weighted by Gasteiger charge is -2.18. The first-order valence-corrected chi connectivity index (χ1v) is 5.62. The molecule has 1 heterocycles. The van der Waals surface area contributed by atoms with Crippen molar-refractivity contribution < 1.29 is 9.53 Å². The van der Waals surface area contributed by atoms with Crippen LogP contribution in [0.5, 0.6) is 0 Å². The minimum atomic E-state index is -0.793. The lowest BCUT2D eigenvalue weighted by atomic mass is 9.82. The van der Waals surface area contributed by atoms with Crippen LogP contribution in [-0.4, -0.2) is 18.5 Å². The van der Waals surface area contributed by atoms with Gasteiger partial charge in [0.05, 0.1) is 12.2 Å². The fraction of sp³-hybridized carbons (Fsp3) is 0.833. The molecular formula is C12H19NO2. The molecule has 0 aromatic rings. The van der Waals surface area contributed by atoms with E-state index in [9.17, 15) is 4.79 Å². The average molecular weight is 209 g/mol. The van der Waals surface area contributed by atoms with E-state index in [1.165, 1.54) is 6.92 Å². The molecule has 1 aliphatic heterocycles. The van der Waals surface area contributed by atoms with Gasteiger partial charge in [0.15, 0.2) is 0 Å². The van der Waals surface area contributed by atoms with E-state index in [0.717, 1.165) is 32.3 Å². The van der Waals surface area contributed by atoms with Gasteiger partial charge in [0.25, 0.3) is 0 Å². The zero-order valence-corrected chi connectivity index (χ0v) is 9.58. The molecule has 0 amide bonds. The number of carbonyl (C=O) groups is 1. The van der Waals surface area contributed by atoms with Gasteiger partial charge in [-0.15, -0.1) is 0 Å². The third-order valence-electron chi connectivity index (χ3n) is 3.25. The normalized spacial score (nSPS) is 24.5. The van der Waals surface area contributed by atoms with Crippen LogP contribution in [0.4, 0.5) is 0 Å². The molecule has 2 atom stereocenters. The molecule has 1 rings (SSSR count). The highest BCUT2D eigenvalue weighted by molar-refractivity contribution is 5.84. The first-order chi connectivity index (χ1) is 7.08. The number of rotatable bonds is 5. The summed E-state index contributed by atoms with van der Waals surface area (Å²) in [5.41, 5.74) is -0.793. The molecule has 0 aromatic heterocycles. The minimum Gasteiger partial charge on any atom is -0.378 e. The molecule has 84 valence electrons. The van der Waals surface area contributed by atoms with Crippen LogP contribution < -0.4 is 0 Å².